The Balaban J connectivity index is 3.33. The second-order valence-electron chi connectivity index (χ2n) is 3.62. The van der Waals surface area contributed by atoms with Gasteiger partial charge in [0.25, 0.3) is 0 Å². The van der Waals surface area contributed by atoms with Crippen molar-refractivity contribution < 1.29 is 19.0 Å². The highest BCUT2D eigenvalue weighted by atomic mass is 35.5. The van der Waals surface area contributed by atoms with Crippen LogP contribution in [0.1, 0.15) is 23.6 Å². The zero-order valence-electron chi connectivity index (χ0n) is 9.46. The summed E-state index contributed by atoms with van der Waals surface area (Å²) in [6.45, 7) is 1.64. The highest BCUT2D eigenvalue weighted by Gasteiger charge is 2.22. The Bertz CT molecular complexity index is 451. The third kappa shape index (κ3) is 2.87. The highest BCUT2D eigenvalue weighted by Crippen LogP contribution is 2.35. The Kier molecular flexibility index (Phi) is 4.31. The third-order valence-electron chi connectivity index (χ3n) is 2.45. The van der Waals surface area contributed by atoms with E-state index in [1.165, 1.54) is 7.11 Å². The van der Waals surface area contributed by atoms with Crippen molar-refractivity contribution in [1.82, 2.24) is 0 Å². The molecule has 0 radical (unpaired) electrons. The molecule has 0 aliphatic heterocycles. The van der Waals surface area contributed by atoms with Crippen LogP contribution in [0.2, 0.25) is 5.02 Å². The van der Waals surface area contributed by atoms with E-state index in [0.29, 0.717) is 11.1 Å². The van der Waals surface area contributed by atoms with Crippen LogP contribution in [0.4, 0.5) is 4.39 Å². The number of carbonyl (C=O) groups is 1. The smallest absolute Gasteiger partial charge is 0.305 e. The van der Waals surface area contributed by atoms with Crippen molar-refractivity contribution in [2.24, 2.45) is 5.73 Å². The number of benzene rings is 1. The number of hydrogen-bond acceptors (Lipinski definition) is 3. The maximum atomic E-state index is 13.6. The summed E-state index contributed by atoms with van der Waals surface area (Å²) in [5.41, 5.74) is 6.54. The maximum Gasteiger partial charge on any atom is 0.305 e. The molecule has 4 nitrogen and oxygen atoms in total. The number of nitrogens with two attached hydrogens (primary N) is 1. The van der Waals surface area contributed by atoms with Crippen LogP contribution in [0.25, 0.3) is 0 Å². The van der Waals surface area contributed by atoms with Crippen molar-refractivity contribution in [3.63, 3.8) is 0 Å². The third-order valence-corrected chi connectivity index (χ3v) is 2.84. The Morgan fingerprint density at radius 3 is 2.76 bits per heavy atom. The second kappa shape index (κ2) is 5.33. The molecule has 0 heterocycles. The molecular formula is C11H13ClFNO3. The van der Waals surface area contributed by atoms with E-state index < -0.39 is 17.8 Å². The molecule has 94 valence electrons. The molecule has 0 aliphatic carbocycles. The normalized spacial score (nSPS) is 12.3. The fourth-order valence-electron chi connectivity index (χ4n) is 1.66. The topological polar surface area (TPSA) is 72.5 Å². The summed E-state index contributed by atoms with van der Waals surface area (Å²) in [6, 6.07) is 0.253. The van der Waals surface area contributed by atoms with Crippen molar-refractivity contribution in [2.45, 2.75) is 19.4 Å². The summed E-state index contributed by atoms with van der Waals surface area (Å²) in [4.78, 5) is 10.6. The van der Waals surface area contributed by atoms with E-state index >= 15 is 0 Å². The molecule has 3 N–H and O–H groups in total. The first-order valence-electron chi connectivity index (χ1n) is 4.88. The molecule has 0 saturated heterocycles. The molecule has 1 rings (SSSR count). The standard InChI is InChI=1S/C11H13ClFNO3/c1-5-6(12)3-7(13)11(17-2)10(5)8(14)4-9(15)16/h3,8H,4,14H2,1-2H3,(H,15,16). The van der Waals surface area contributed by atoms with E-state index in [1.54, 1.807) is 6.92 Å². The molecule has 1 unspecified atom stereocenters. The number of ether oxygens (including phenoxy) is 1. The number of hydrogen-bond donors (Lipinski definition) is 2. The van der Waals surface area contributed by atoms with Gasteiger partial charge in [0.05, 0.1) is 13.5 Å². The number of carboxylic acid groups (broad SMARTS) is 1. The van der Waals surface area contributed by atoms with Gasteiger partial charge in [-0.2, -0.15) is 0 Å². The lowest BCUT2D eigenvalue weighted by molar-refractivity contribution is -0.137. The minimum atomic E-state index is -1.07. The summed E-state index contributed by atoms with van der Waals surface area (Å²) in [6.07, 6.45) is -0.322. The number of methoxy groups -OCH3 is 1. The predicted molar refractivity (Wildman–Crippen MR) is 61.9 cm³/mol. The van der Waals surface area contributed by atoms with Crippen molar-refractivity contribution in [1.29, 1.82) is 0 Å². The average molecular weight is 262 g/mol. The van der Waals surface area contributed by atoms with Gasteiger partial charge in [-0.3, -0.25) is 4.79 Å². The summed E-state index contributed by atoms with van der Waals surface area (Å²) in [5, 5.41) is 8.88. The molecule has 1 atom stereocenters. The van der Waals surface area contributed by atoms with Crippen molar-refractivity contribution >= 4 is 17.6 Å². The highest BCUT2D eigenvalue weighted by molar-refractivity contribution is 6.31. The van der Waals surface area contributed by atoms with E-state index in [9.17, 15) is 9.18 Å². The zero-order chi connectivity index (χ0) is 13.2. The first-order chi connectivity index (χ1) is 7.88. The van der Waals surface area contributed by atoms with Gasteiger partial charge >= 0.3 is 5.97 Å². The van der Waals surface area contributed by atoms with E-state index in [1.807, 2.05) is 0 Å². The largest absolute Gasteiger partial charge is 0.493 e. The lowest BCUT2D eigenvalue weighted by atomic mass is 9.98. The number of halogens is 2. The minimum Gasteiger partial charge on any atom is -0.493 e. The summed E-state index contributed by atoms with van der Waals surface area (Å²) >= 11 is 5.83. The van der Waals surface area contributed by atoms with Gasteiger partial charge in [0.1, 0.15) is 0 Å². The Labute approximate surface area is 103 Å². The molecule has 1 aromatic rings. The van der Waals surface area contributed by atoms with Gasteiger partial charge in [-0.25, -0.2) is 4.39 Å². The Hall–Kier alpha value is -1.33. The van der Waals surface area contributed by atoms with Crippen LogP contribution >= 0.6 is 11.6 Å². The van der Waals surface area contributed by atoms with Crippen molar-refractivity contribution in [3.05, 3.63) is 28.0 Å². The van der Waals surface area contributed by atoms with Gasteiger partial charge in [-0.05, 0) is 18.6 Å². The van der Waals surface area contributed by atoms with E-state index in [4.69, 9.17) is 27.2 Å². The Morgan fingerprint density at radius 1 is 1.71 bits per heavy atom. The molecule has 0 spiro atoms. The molecule has 0 aliphatic rings. The van der Waals surface area contributed by atoms with Crippen LogP contribution < -0.4 is 10.5 Å². The van der Waals surface area contributed by atoms with Gasteiger partial charge in [0.15, 0.2) is 11.6 Å². The lowest BCUT2D eigenvalue weighted by Gasteiger charge is -2.18. The van der Waals surface area contributed by atoms with Crippen molar-refractivity contribution in [3.8, 4) is 5.75 Å². The summed E-state index contributed by atoms with van der Waals surface area (Å²) in [7, 11) is 1.29. The quantitative estimate of drug-likeness (QED) is 0.872. The fraction of sp³-hybridized carbons (Fsp3) is 0.364. The first-order valence-corrected chi connectivity index (χ1v) is 5.26. The molecule has 0 bridgehead atoms. The van der Waals surface area contributed by atoms with Gasteiger partial charge in [0.2, 0.25) is 0 Å². The second-order valence-corrected chi connectivity index (χ2v) is 4.02. The average Bonchev–Trinajstić information content (AvgIpc) is 2.21. The van der Waals surface area contributed by atoms with Gasteiger partial charge in [0, 0.05) is 16.6 Å². The summed E-state index contributed by atoms with van der Waals surface area (Å²) < 4.78 is 18.5. The number of aliphatic carboxylic acids is 1. The molecule has 0 saturated carbocycles. The van der Waals surface area contributed by atoms with Crippen LogP contribution in [0.15, 0.2) is 6.07 Å². The number of rotatable bonds is 4. The van der Waals surface area contributed by atoms with Gasteiger partial charge in [-0.1, -0.05) is 11.6 Å². The van der Waals surface area contributed by atoms with Crippen LogP contribution in [0.5, 0.6) is 5.75 Å². The van der Waals surface area contributed by atoms with E-state index in [-0.39, 0.29) is 17.2 Å². The van der Waals surface area contributed by atoms with Gasteiger partial charge < -0.3 is 15.6 Å². The molecule has 0 fully saturated rings. The zero-order valence-corrected chi connectivity index (χ0v) is 10.2. The van der Waals surface area contributed by atoms with Crippen LogP contribution in [-0.2, 0) is 4.79 Å². The summed E-state index contributed by atoms with van der Waals surface area (Å²) in [5.74, 6) is -1.78. The maximum absolute atomic E-state index is 13.6. The number of carboxylic acids is 1. The molecule has 17 heavy (non-hydrogen) atoms. The van der Waals surface area contributed by atoms with Crippen LogP contribution in [-0.4, -0.2) is 18.2 Å². The van der Waals surface area contributed by atoms with Crippen LogP contribution in [0, 0.1) is 12.7 Å². The van der Waals surface area contributed by atoms with E-state index in [2.05, 4.69) is 0 Å². The molecule has 0 aromatic heterocycles. The van der Waals surface area contributed by atoms with E-state index in [0.717, 1.165) is 6.07 Å². The molecule has 1 aromatic carbocycles. The monoisotopic (exact) mass is 261 g/mol. The SMILES string of the molecule is COc1c(F)cc(Cl)c(C)c1C(N)CC(=O)O. The van der Waals surface area contributed by atoms with Gasteiger partial charge in [-0.15, -0.1) is 0 Å². The molecule has 6 heteroatoms. The predicted octanol–water partition coefficient (Wildman–Crippen LogP) is 2.27. The Morgan fingerprint density at radius 2 is 2.29 bits per heavy atom. The lowest BCUT2D eigenvalue weighted by Crippen LogP contribution is -2.18. The molecular weight excluding hydrogens is 249 g/mol. The minimum absolute atomic E-state index is 0.0550. The molecule has 0 amide bonds. The first kappa shape index (κ1) is 13.7. The fourth-order valence-corrected chi connectivity index (χ4v) is 1.85. The van der Waals surface area contributed by atoms with Crippen LogP contribution in [0.3, 0.4) is 0 Å². The van der Waals surface area contributed by atoms with Crippen molar-refractivity contribution in [2.75, 3.05) is 7.11 Å².